The maximum Gasteiger partial charge on any atom is 0.248 e. The van der Waals surface area contributed by atoms with Crippen LogP contribution in [0.3, 0.4) is 0 Å². The van der Waals surface area contributed by atoms with Crippen LogP contribution in [0.4, 0.5) is 16.5 Å². The van der Waals surface area contributed by atoms with Gasteiger partial charge in [-0.25, -0.2) is 9.97 Å². The topological polar surface area (TPSA) is 75.2 Å². The number of amides is 2. The minimum atomic E-state index is -0.278. The van der Waals surface area contributed by atoms with Crippen LogP contribution in [0.2, 0.25) is 0 Å². The van der Waals surface area contributed by atoms with Gasteiger partial charge in [0.05, 0.1) is 27.3 Å². The highest BCUT2D eigenvalue weighted by atomic mass is 32.1. The van der Waals surface area contributed by atoms with Gasteiger partial charge in [0.2, 0.25) is 11.8 Å². The maximum atomic E-state index is 12.7. The molecule has 35 heavy (non-hydrogen) atoms. The molecule has 1 N–H and O–H groups in total. The van der Waals surface area contributed by atoms with Gasteiger partial charge in [-0.15, -0.1) is 22.7 Å². The van der Waals surface area contributed by atoms with Crippen molar-refractivity contribution in [2.75, 3.05) is 10.2 Å². The molecule has 0 unspecified atom stereocenters. The number of carbonyl (C=O) groups is 2. The summed E-state index contributed by atoms with van der Waals surface area (Å²) >= 11 is 2.93. The molecule has 0 atom stereocenters. The molecule has 0 aliphatic heterocycles. The van der Waals surface area contributed by atoms with Crippen molar-refractivity contribution in [2.45, 2.75) is 6.92 Å². The highest BCUT2D eigenvalue weighted by Gasteiger charge is 2.17. The van der Waals surface area contributed by atoms with Gasteiger partial charge in [-0.1, -0.05) is 42.5 Å². The van der Waals surface area contributed by atoms with E-state index in [9.17, 15) is 9.59 Å². The van der Waals surface area contributed by atoms with Crippen molar-refractivity contribution in [3.8, 4) is 10.6 Å². The van der Waals surface area contributed by atoms with Crippen molar-refractivity contribution in [1.29, 1.82) is 0 Å². The van der Waals surface area contributed by atoms with E-state index in [1.807, 2.05) is 84.2 Å². The predicted molar refractivity (Wildman–Crippen MR) is 144 cm³/mol. The van der Waals surface area contributed by atoms with Crippen molar-refractivity contribution >= 4 is 67.3 Å². The van der Waals surface area contributed by atoms with E-state index in [1.54, 1.807) is 22.3 Å². The number of rotatable bonds is 6. The van der Waals surface area contributed by atoms with E-state index in [0.717, 1.165) is 26.5 Å². The third kappa shape index (κ3) is 5.03. The summed E-state index contributed by atoms with van der Waals surface area (Å²) < 4.78 is 1.10. The molecule has 0 aliphatic carbocycles. The van der Waals surface area contributed by atoms with Crippen LogP contribution in [-0.2, 0) is 9.59 Å². The fourth-order valence-electron chi connectivity index (χ4n) is 3.56. The third-order valence-electron chi connectivity index (χ3n) is 5.15. The van der Waals surface area contributed by atoms with Crippen LogP contribution >= 0.6 is 22.7 Å². The van der Waals surface area contributed by atoms with E-state index in [0.29, 0.717) is 16.5 Å². The van der Waals surface area contributed by atoms with Gasteiger partial charge in [0.15, 0.2) is 5.13 Å². The quantitative estimate of drug-likeness (QED) is 0.264. The lowest BCUT2D eigenvalue weighted by Gasteiger charge is -2.17. The highest BCUT2D eigenvalue weighted by Crippen LogP contribution is 2.34. The van der Waals surface area contributed by atoms with E-state index in [4.69, 9.17) is 4.98 Å². The molecular formula is C27H20N4O2S2. The van der Waals surface area contributed by atoms with Gasteiger partial charge < -0.3 is 5.32 Å². The van der Waals surface area contributed by atoms with Crippen molar-refractivity contribution in [2.24, 2.45) is 0 Å². The highest BCUT2D eigenvalue weighted by molar-refractivity contribution is 7.21. The lowest BCUT2D eigenvalue weighted by molar-refractivity contribution is -0.116. The summed E-state index contributed by atoms with van der Waals surface area (Å²) in [6, 6.07) is 24.9. The lowest BCUT2D eigenvalue weighted by atomic mass is 10.2. The molecule has 0 saturated heterocycles. The fourth-order valence-corrected chi connectivity index (χ4v) is 5.42. The first-order chi connectivity index (χ1) is 17.1. The lowest BCUT2D eigenvalue weighted by Crippen LogP contribution is -2.22. The van der Waals surface area contributed by atoms with E-state index >= 15 is 0 Å². The Morgan fingerprint density at radius 2 is 1.66 bits per heavy atom. The summed E-state index contributed by atoms with van der Waals surface area (Å²) in [4.78, 5) is 35.7. The van der Waals surface area contributed by atoms with Gasteiger partial charge in [0.1, 0.15) is 5.01 Å². The van der Waals surface area contributed by atoms with E-state index in [1.165, 1.54) is 24.3 Å². The Morgan fingerprint density at radius 3 is 2.46 bits per heavy atom. The number of nitrogens with zero attached hydrogens (tertiary/aromatic N) is 3. The first-order valence-corrected chi connectivity index (χ1v) is 12.5. The summed E-state index contributed by atoms with van der Waals surface area (Å²) in [5.41, 5.74) is 3.83. The molecule has 0 radical (unpaired) electrons. The van der Waals surface area contributed by atoms with Crippen molar-refractivity contribution in [3.05, 3.63) is 96.0 Å². The molecule has 2 heterocycles. The number of thiazole rings is 2. The number of hydrogen-bond acceptors (Lipinski definition) is 6. The Labute approximate surface area is 210 Å². The summed E-state index contributed by atoms with van der Waals surface area (Å²) in [6.07, 6.45) is 3.08. The molecule has 2 aromatic heterocycles. The van der Waals surface area contributed by atoms with E-state index < -0.39 is 0 Å². The minimum Gasteiger partial charge on any atom is -0.322 e. The molecule has 0 fully saturated rings. The molecule has 172 valence electrons. The average Bonchev–Trinajstić information content (AvgIpc) is 3.51. The first-order valence-electron chi connectivity index (χ1n) is 10.8. The van der Waals surface area contributed by atoms with Crippen molar-refractivity contribution in [3.63, 3.8) is 0 Å². The monoisotopic (exact) mass is 496 g/mol. The second kappa shape index (κ2) is 10.0. The summed E-state index contributed by atoms with van der Waals surface area (Å²) in [7, 11) is 0. The van der Waals surface area contributed by atoms with Crippen LogP contribution in [0.5, 0.6) is 0 Å². The second-order valence-corrected chi connectivity index (χ2v) is 9.47. The number of carbonyl (C=O) groups excluding carboxylic acids is 2. The van der Waals surface area contributed by atoms with Crippen LogP contribution in [0.25, 0.3) is 26.9 Å². The Morgan fingerprint density at radius 1 is 0.914 bits per heavy atom. The van der Waals surface area contributed by atoms with Crippen LogP contribution in [0, 0.1) is 0 Å². The SMILES string of the molecule is CC(=O)N(c1ccccc1)c1nc(/C=C/C(=O)Nc2ccccc2-c2nc3ccccc3s2)cs1. The molecule has 0 aliphatic rings. The average molecular weight is 497 g/mol. The predicted octanol–water partition coefficient (Wildman–Crippen LogP) is 6.76. The molecule has 6 nitrogen and oxygen atoms in total. The maximum absolute atomic E-state index is 12.7. The summed E-state index contributed by atoms with van der Waals surface area (Å²) in [5.74, 6) is -0.412. The normalized spacial score (nSPS) is 11.1. The van der Waals surface area contributed by atoms with Crippen molar-refractivity contribution in [1.82, 2.24) is 9.97 Å². The number of fused-ring (bicyclic) bond motifs is 1. The molecular weight excluding hydrogens is 476 g/mol. The van der Waals surface area contributed by atoms with Crippen LogP contribution in [0.1, 0.15) is 12.6 Å². The number of anilines is 3. The zero-order chi connectivity index (χ0) is 24.2. The minimum absolute atomic E-state index is 0.134. The van der Waals surface area contributed by atoms with Gasteiger partial charge >= 0.3 is 0 Å². The molecule has 2 amide bonds. The Hall–Kier alpha value is -4.14. The first kappa shape index (κ1) is 22.6. The van der Waals surface area contributed by atoms with E-state index in [-0.39, 0.29) is 11.8 Å². The number of benzene rings is 3. The Bertz CT molecular complexity index is 1510. The largest absolute Gasteiger partial charge is 0.322 e. The van der Waals surface area contributed by atoms with Gasteiger partial charge in [0, 0.05) is 23.9 Å². The van der Waals surface area contributed by atoms with E-state index in [2.05, 4.69) is 10.3 Å². The molecule has 3 aromatic carbocycles. The number of para-hydroxylation sites is 3. The zero-order valence-corrected chi connectivity index (χ0v) is 20.3. The number of hydrogen-bond donors (Lipinski definition) is 1. The van der Waals surface area contributed by atoms with Gasteiger partial charge in [-0.05, 0) is 42.5 Å². The van der Waals surface area contributed by atoms with Crippen molar-refractivity contribution < 1.29 is 9.59 Å². The fraction of sp³-hybridized carbons (Fsp3) is 0.0370. The number of aromatic nitrogens is 2. The molecule has 5 aromatic rings. The van der Waals surface area contributed by atoms with Gasteiger partial charge in [0.25, 0.3) is 0 Å². The molecule has 8 heteroatoms. The summed E-state index contributed by atoms with van der Waals surface area (Å²) in [5, 5.41) is 6.16. The molecule has 0 spiro atoms. The molecule has 0 bridgehead atoms. The third-order valence-corrected chi connectivity index (χ3v) is 7.06. The standard InChI is InChI=1S/C27H20N4O2S2/c1-18(32)31(20-9-3-2-4-10-20)27-28-19(17-34-27)15-16-25(33)29-22-12-6-5-11-21(22)26-30-23-13-7-8-14-24(23)35-26/h2-17H,1H3,(H,29,33)/b16-15+. The van der Waals surface area contributed by atoms with Gasteiger partial charge in [-0.3, -0.25) is 14.5 Å². The van der Waals surface area contributed by atoms with Crippen LogP contribution < -0.4 is 10.2 Å². The zero-order valence-electron chi connectivity index (χ0n) is 18.7. The second-order valence-electron chi connectivity index (χ2n) is 7.60. The molecule has 0 saturated carbocycles. The Kier molecular flexibility index (Phi) is 6.47. The molecule has 5 rings (SSSR count). The Balaban J connectivity index is 1.33. The smallest absolute Gasteiger partial charge is 0.248 e. The number of nitrogens with one attached hydrogen (secondary N) is 1. The van der Waals surface area contributed by atoms with Crippen LogP contribution in [-0.4, -0.2) is 21.8 Å². The van der Waals surface area contributed by atoms with Gasteiger partial charge in [-0.2, -0.15) is 0 Å². The summed E-state index contributed by atoms with van der Waals surface area (Å²) in [6.45, 7) is 1.50. The van der Waals surface area contributed by atoms with Crippen LogP contribution in [0.15, 0.2) is 90.3 Å².